The van der Waals surface area contributed by atoms with Gasteiger partial charge in [0, 0.05) is 6.04 Å². The largest absolute Gasteiger partial charge is 0.271 e. The van der Waals surface area contributed by atoms with Gasteiger partial charge in [0.15, 0.2) is 0 Å². The smallest absolute Gasteiger partial charge is 0.0241 e. The molecular formula is C15H30N2. The fourth-order valence-corrected chi connectivity index (χ4v) is 4.03. The highest BCUT2D eigenvalue weighted by Crippen LogP contribution is 2.38. The number of nitrogens with one attached hydrogen (secondary N) is 1. The van der Waals surface area contributed by atoms with Gasteiger partial charge < -0.3 is 0 Å². The van der Waals surface area contributed by atoms with Gasteiger partial charge in [0.05, 0.1) is 0 Å². The summed E-state index contributed by atoms with van der Waals surface area (Å²) in [7, 11) is 0. The summed E-state index contributed by atoms with van der Waals surface area (Å²) in [5.74, 6) is 8.58. The van der Waals surface area contributed by atoms with Gasteiger partial charge >= 0.3 is 0 Å². The first kappa shape index (κ1) is 13.4. The van der Waals surface area contributed by atoms with Crippen molar-refractivity contribution in [3.63, 3.8) is 0 Å². The Morgan fingerprint density at radius 1 is 1.06 bits per heavy atom. The Hall–Kier alpha value is -0.0800. The van der Waals surface area contributed by atoms with Gasteiger partial charge in [-0.05, 0) is 37.0 Å². The molecule has 0 aromatic rings. The monoisotopic (exact) mass is 238 g/mol. The molecule has 0 aromatic heterocycles. The summed E-state index contributed by atoms with van der Waals surface area (Å²) in [5, 5.41) is 0. The number of nitrogens with two attached hydrogens (primary N) is 1. The zero-order valence-electron chi connectivity index (χ0n) is 11.5. The highest BCUT2D eigenvalue weighted by molar-refractivity contribution is 4.85. The molecule has 3 atom stereocenters. The second-order valence-corrected chi connectivity index (χ2v) is 6.36. The van der Waals surface area contributed by atoms with Crippen LogP contribution in [0.25, 0.3) is 0 Å². The van der Waals surface area contributed by atoms with Crippen LogP contribution in [0, 0.1) is 17.8 Å². The minimum absolute atomic E-state index is 0.592. The molecule has 2 nitrogen and oxygen atoms in total. The molecule has 0 amide bonds. The summed E-state index contributed by atoms with van der Waals surface area (Å²) in [5.41, 5.74) is 3.14. The lowest BCUT2D eigenvalue weighted by molar-refractivity contribution is 0.248. The Labute approximate surface area is 107 Å². The number of rotatable bonds is 5. The number of hydrazine groups is 1. The topological polar surface area (TPSA) is 38.0 Å². The number of hydrogen-bond acceptors (Lipinski definition) is 2. The summed E-state index contributed by atoms with van der Waals surface area (Å²) >= 11 is 0. The fourth-order valence-electron chi connectivity index (χ4n) is 4.03. The summed E-state index contributed by atoms with van der Waals surface area (Å²) in [6.07, 6.45) is 14.2. The van der Waals surface area contributed by atoms with Crippen molar-refractivity contribution in [1.82, 2.24) is 5.43 Å². The minimum Gasteiger partial charge on any atom is -0.271 e. The van der Waals surface area contributed by atoms with Crippen LogP contribution >= 0.6 is 0 Å². The van der Waals surface area contributed by atoms with Gasteiger partial charge in [0.2, 0.25) is 0 Å². The van der Waals surface area contributed by atoms with Gasteiger partial charge in [0.25, 0.3) is 0 Å². The molecule has 2 rings (SSSR count). The molecular weight excluding hydrogens is 208 g/mol. The summed E-state index contributed by atoms with van der Waals surface area (Å²) in [6.45, 7) is 2.33. The van der Waals surface area contributed by atoms with E-state index in [0.29, 0.717) is 6.04 Å². The van der Waals surface area contributed by atoms with E-state index in [-0.39, 0.29) is 0 Å². The Morgan fingerprint density at radius 2 is 1.82 bits per heavy atom. The molecule has 100 valence electrons. The van der Waals surface area contributed by atoms with Crippen LogP contribution in [0.3, 0.4) is 0 Å². The maximum atomic E-state index is 5.81. The zero-order valence-corrected chi connectivity index (χ0v) is 11.5. The van der Waals surface area contributed by atoms with Gasteiger partial charge in [-0.25, -0.2) is 0 Å². The molecule has 3 unspecified atom stereocenters. The van der Waals surface area contributed by atoms with Crippen molar-refractivity contribution >= 4 is 0 Å². The lowest BCUT2D eigenvalue weighted by atomic mass is 9.81. The molecule has 2 aliphatic rings. The maximum absolute atomic E-state index is 5.81. The van der Waals surface area contributed by atoms with Crippen LogP contribution in [0.1, 0.15) is 71.1 Å². The van der Waals surface area contributed by atoms with E-state index < -0.39 is 0 Å². The van der Waals surface area contributed by atoms with Crippen molar-refractivity contribution in [2.24, 2.45) is 23.6 Å². The highest BCUT2D eigenvalue weighted by atomic mass is 15.2. The average molecular weight is 238 g/mol. The van der Waals surface area contributed by atoms with E-state index in [1.165, 1.54) is 64.2 Å². The van der Waals surface area contributed by atoms with Crippen molar-refractivity contribution < 1.29 is 0 Å². The SMILES string of the molecule is CCC1CCC(C(CC2CCCCC2)NN)C1. The predicted molar refractivity (Wildman–Crippen MR) is 73.4 cm³/mol. The van der Waals surface area contributed by atoms with Gasteiger partial charge in [-0.3, -0.25) is 11.3 Å². The molecule has 0 bridgehead atoms. The predicted octanol–water partition coefficient (Wildman–Crippen LogP) is 3.62. The highest BCUT2D eigenvalue weighted by Gasteiger charge is 2.31. The van der Waals surface area contributed by atoms with Gasteiger partial charge in [-0.15, -0.1) is 0 Å². The molecule has 0 radical (unpaired) electrons. The molecule has 0 spiro atoms. The van der Waals surface area contributed by atoms with E-state index >= 15 is 0 Å². The molecule has 0 saturated heterocycles. The van der Waals surface area contributed by atoms with Crippen LogP contribution in [0.2, 0.25) is 0 Å². The first-order valence-corrected chi connectivity index (χ1v) is 7.79. The molecule has 3 N–H and O–H groups in total. The maximum Gasteiger partial charge on any atom is 0.0241 e. The van der Waals surface area contributed by atoms with Crippen LogP contribution in [-0.4, -0.2) is 6.04 Å². The third kappa shape index (κ3) is 3.69. The van der Waals surface area contributed by atoms with Crippen molar-refractivity contribution in [1.29, 1.82) is 0 Å². The first-order chi connectivity index (χ1) is 8.33. The lowest BCUT2D eigenvalue weighted by Crippen LogP contribution is -2.41. The standard InChI is InChI=1S/C15H30N2/c1-2-12-8-9-14(10-12)15(17-16)11-13-6-4-3-5-7-13/h12-15,17H,2-11,16H2,1H3. The number of hydrogen-bond donors (Lipinski definition) is 2. The Morgan fingerprint density at radius 3 is 2.41 bits per heavy atom. The van der Waals surface area contributed by atoms with Gasteiger partial charge in [0.1, 0.15) is 0 Å². The van der Waals surface area contributed by atoms with Gasteiger partial charge in [-0.1, -0.05) is 51.9 Å². The minimum atomic E-state index is 0.592. The molecule has 2 saturated carbocycles. The molecule has 0 aromatic carbocycles. The van der Waals surface area contributed by atoms with E-state index in [1.54, 1.807) is 0 Å². The zero-order chi connectivity index (χ0) is 12.1. The molecule has 17 heavy (non-hydrogen) atoms. The molecule has 0 heterocycles. The molecule has 2 heteroatoms. The Bertz CT molecular complexity index is 211. The average Bonchev–Trinajstić information content (AvgIpc) is 2.86. The third-order valence-corrected chi connectivity index (χ3v) is 5.25. The summed E-state index contributed by atoms with van der Waals surface area (Å²) < 4.78 is 0. The lowest BCUT2D eigenvalue weighted by Gasteiger charge is -2.29. The van der Waals surface area contributed by atoms with E-state index in [2.05, 4.69) is 12.3 Å². The van der Waals surface area contributed by atoms with E-state index in [1.807, 2.05) is 0 Å². The first-order valence-electron chi connectivity index (χ1n) is 7.79. The Balaban J connectivity index is 1.79. The van der Waals surface area contributed by atoms with Crippen molar-refractivity contribution in [2.45, 2.75) is 77.2 Å². The van der Waals surface area contributed by atoms with Crippen LogP contribution in [0.5, 0.6) is 0 Å². The van der Waals surface area contributed by atoms with Crippen LogP contribution in [0.15, 0.2) is 0 Å². The van der Waals surface area contributed by atoms with Gasteiger partial charge in [-0.2, -0.15) is 0 Å². The second kappa shape index (κ2) is 6.75. The summed E-state index contributed by atoms with van der Waals surface area (Å²) in [6, 6.07) is 0.592. The quantitative estimate of drug-likeness (QED) is 0.567. The van der Waals surface area contributed by atoms with Crippen molar-refractivity contribution in [3.8, 4) is 0 Å². The fraction of sp³-hybridized carbons (Fsp3) is 1.00. The molecule has 0 aliphatic heterocycles. The molecule has 2 fully saturated rings. The normalized spacial score (nSPS) is 32.8. The second-order valence-electron chi connectivity index (χ2n) is 6.36. The molecule has 2 aliphatic carbocycles. The van der Waals surface area contributed by atoms with Crippen LogP contribution < -0.4 is 11.3 Å². The Kier molecular flexibility index (Phi) is 5.30. The van der Waals surface area contributed by atoms with Crippen LogP contribution in [-0.2, 0) is 0 Å². The van der Waals surface area contributed by atoms with E-state index in [0.717, 1.165) is 17.8 Å². The van der Waals surface area contributed by atoms with E-state index in [4.69, 9.17) is 5.84 Å². The van der Waals surface area contributed by atoms with E-state index in [9.17, 15) is 0 Å². The van der Waals surface area contributed by atoms with Crippen LogP contribution in [0.4, 0.5) is 0 Å². The van der Waals surface area contributed by atoms with Crippen molar-refractivity contribution in [3.05, 3.63) is 0 Å². The third-order valence-electron chi connectivity index (χ3n) is 5.25. The summed E-state index contributed by atoms with van der Waals surface area (Å²) in [4.78, 5) is 0. The van der Waals surface area contributed by atoms with Crippen molar-refractivity contribution in [2.75, 3.05) is 0 Å².